The van der Waals surface area contributed by atoms with Gasteiger partial charge < -0.3 is 14.8 Å². The molecule has 0 aliphatic rings. The lowest BCUT2D eigenvalue weighted by molar-refractivity contribution is 0.0735. The second kappa shape index (κ2) is 10.4. The van der Waals surface area contributed by atoms with Crippen molar-refractivity contribution in [3.63, 3.8) is 0 Å². The van der Waals surface area contributed by atoms with Crippen molar-refractivity contribution in [3.05, 3.63) is 88.9 Å². The normalized spacial score (nSPS) is 10.5. The summed E-state index contributed by atoms with van der Waals surface area (Å²) >= 11 is 11.0. The standard InChI is InChI=1S/C22H18ClN3O3S/c1-28-19-11-9-18(10-12-19)25-22(30)26-24-14-15-3-2-4-20(13-15)29-21(27)16-5-7-17(23)8-6-16/h2-14H,1H3,(H2,25,26,30)/b24-14+. The number of thiocarbonyl (C=S) groups is 1. The second-order valence-electron chi connectivity index (χ2n) is 6.02. The lowest BCUT2D eigenvalue weighted by Gasteiger charge is -2.08. The Morgan fingerprint density at radius 1 is 1.03 bits per heavy atom. The number of halogens is 1. The molecule has 0 unspecified atom stereocenters. The summed E-state index contributed by atoms with van der Waals surface area (Å²) in [7, 11) is 1.61. The molecule has 30 heavy (non-hydrogen) atoms. The highest BCUT2D eigenvalue weighted by Crippen LogP contribution is 2.16. The topological polar surface area (TPSA) is 71.9 Å². The van der Waals surface area contributed by atoms with Gasteiger partial charge in [-0.3, -0.25) is 5.43 Å². The van der Waals surface area contributed by atoms with Crippen molar-refractivity contribution >= 4 is 46.8 Å². The van der Waals surface area contributed by atoms with Gasteiger partial charge in [-0.25, -0.2) is 4.79 Å². The lowest BCUT2D eigenvalue weighted by atomic mass is 10.2. The maximum Gasteiger partial charge on any atom is 0.343 e. The molecular formula is C22H18ClN3O3S. The number of hydrogen-bond donors (Lipinski definition) is 2. The van der Waals surface area contributed by atoms with Gasteiger partial charge in [0.25, 0.3) is 0 Å². The van der Waals surface area contributed by atoms with Gasteiger partial charge in [0.05, 0.1) is 18.9 Å². The van der Waals surface area contributed by atoms with E-state index in [4.69, 9.17) is 33.3 Å². The first-order valence-electron chi connectivity index (χ1n) is 8.85. The third kappa shape index (κ3) is 6.30. The number of carbonyl (C=O) groups excluding carboxylic acids is 1. The van der Waals surface area contributed by atoms with Crippen LogP contribution in [0.25, 0.3) is 0 Å². The summed E-state index contributed by atoms with van der Waals surface area (Å²) < 4.78 is 10.5. The molecule has 0 fully saturated rings. The van der Waals surface area contributed by atoms with Gasteiger partial charge >= 0.3 is 5.97 Å². The van der Waals surface area contributed by atoms with E-state index < -0.39 is 5.97 Å². The lowest BCUT2D eigenvalue weighted by Crippen LogP contribution is -2.23. The molecule has 8 heteroatoms. The van der Waals surface area contributed by atoms with E-state index in [1.807, 2.05) is 30.3 Å². The van der Waals surface area contributed by atoms with Gasteiger partial charge in [-0.2, -0.15) is 5.10 Å². The Morgan fingerprint density at radius 3 is 2.47 bits per heavy atom. The van der Waals surface area contributed by atoms with Crippen LogP contribution in [0.5, 0.6) is 11.5 Å². The van der Waals surface area contributed by atoms with E-state index in [0.717, 1.165) is 17.0 Å². The smallest absolute Gasteiger partial charge is 0.343 e. The fraction of sp³-hybridized carbons (Fsp3) is 0.0455. The molecule has 0 radical (unpaired) electrons. The van der Waals surface area contributed by atoms with Gasteiger partial charge in [-0.05, 0) is 78.4 Å². The quantitative estimate of drug-likeness (QED) is 0.187. The Bertz CT molecular complexity index is 1050. The number of ether oxygens (including phenoxy) is 2. The van der Waals surface area contributed by atoms with Crippen LogP contribution in [0.3, 0.4) is 0 Å². The van der Waals surface area contributed by atoms with E-state index >= 15 is 0 Å². The van der Waals surface area contributed by atoms with E-state index in [-0.39, 0.29) is 0 Å². The van der Waals surface area contributed by atoms with Crippen molar-refractivity contribution in [1.29, 1.82) is 0 Å². The molecule has 0 spiro atoms. The minimum atomic E-state index is -0.469. The Balaban J connectivity index is 1.54. The molecule has 0 amide bonds. The minimum absolute atomic E-state index is 0.335. The maximum atomic E-state index is 12.2. The number of methoxy groups -OCH3 is 1. The fourth-order valence-corrected chi connectivity index (χ4v) is 2.71. The molecule has 3 aromatic rings. The number of nitrogens with one attached hydrogen (secondary N) is 2. The van der Waals surface area contributed by atoms with Crippen LogP contribution in [0.1, 0.15) is 15.9 Å². The summed E-state index contributed by atoms with van der Waals surface area (Å²) in [6, 6.07) is 20.8. The van der Waals surface area contributed by atoms with Crippen molar-refractivity contribution in [2.45, 2.75) is 0 Å². The van der Waals surface area contributed by atoms with Crippen LogP contribution < -0.4 is 20.2 Å². The van der Waals surface area contributed by atoms with Crippen LogP contribution in [-0.2, 0) is 0 Å². The van der Waals surface area contributed by atoms with Crippen LogP contribution >= 0.6 is 23.8 Å². The van der Waals surface area contributed by atoms with Crippen molar-refractivity contribution in [2.75, 3.05) is 12.4 Å². The summed E-state index contributed by atoms with van der Waals surface area (Å²) in [6.07, 6.45) is 1.57. The molecule has 0 saturated carbocycles. The molecule has 2 N–H and O–H groups in total. The van der Waals surface area contributed by atoms with E-state index in [1.54, 1.807) is 55.8 Å². The number of nitrogens with zero attached hydrogens (tertiary/aromatic N) is 1. The Kier molecular flexibility index (Phi) is 7.37. The summed E-state index contributed by atoms with van der Waals surface area (Å²) in [5, 5.41) is 8.00. The van der Waals surface area contributed by atoms with Crippen molar-refractivity contribution in [3.8, 4) is 11.5 Å². The molecular weight excluding hydrogens is 422 g/mol. The van der Waals surface area contributed by atoms with Crippen LogP contribution in [0, 0.1) is 0 Å². The molecule has 3 aromatic carbocycles. The van der Waals surface area contributed by atoms with E-state index in [1.165, 1.54) is 0 Å². The summed E-state index contributed by atoms with van der Waals surface area (Å²) in [5.74, 6) is 0.690. The Morgan fingerprint density at radius 2 is 1.77 bits per heavy atom. The average molecular weight is 440 g/mol. The summed E-state index contributed by atoms with van der Waals surface area (Å²) in [6.45, 7) is 0. The number of benzene rings is 3. The third-order valence-corrected chi connectivity index (χ3v) is 4.32. The third-order valence-electron chi connectivity index (χ3n) is 3.88. The Hall–Kier alpha value is -3.42. The number of anilines is 1. The summed E-state index contributed by atoms with van der Waals surface area (Å²) in [4.78, 5) is 12.2. The van der Waals surface area contributed by atoms with Gasteiger partial charge in [0.15, 0.2) is 5.11 Å². The van der Waals surface area contributed by atoms with Gasteiger partial charge in [0, 0.05) is 10.7 Å². The maximum absolute atomic E-state index is 12.2. The van der Waals surface area contributed by atoms with Crippen molar-refractivity contribution in [1.82, 2.24) is 5.43 Å². The molecule has 152 valence electrons. The largest absolute Gasteiger partial charge is 0.497 e. The number of rotatable bonds is 6. The predicted octanol–water partition coefficient (Wildman–Crippen LogP) is 4.89. The average Bonchev–Trinajstić information content (AvgIpc) is 2.75. The first-order chi connectivity index (χ1) is 14.5. The van der Waals surface area contributed by atoms with Gasteiger partial charge in [-0.1, -0.05) is 23.7 Å². The van der Waals surface area contributed by atoms with Crippen LogP contribution in [0.4, 0.5) is 5.69 Å². The number of esters is 1. The van der Waals surface area contributed by atoms with E-state index in [9.17, 15) is 4.79 Å². The molecule has 0 aromatic heterocycles. The molecule has 0 saturated heterocycles. The fourth-order valence-electron chi connectivity index (χ4n) is 2.41. The molecule has 0 aliphatic carbocycles. The van der Waals surface area contributed by atoms with Crippen molar-refractivity contribution in [2.24, 2.45) is 5.10 Å². The zero-order valence-electron chi connectivity index (χ0n) is 16.0. The Labute approximate surface area is 184 Å². The van der Waals surface area contributed by atoms with Gasteiger partial charge in [0.1, 0.15) is 11.5 Å². The zero-order valence-corrected chi connectivity index (χ0v) is 17.5. The SMILES string of the molecule is COc1ccc(NC(=S)N/N=C/c2cccc(OC(=O)c3ccc(Cl)cc3)c2)cc1. The van der Waals surface area contributed by atoms with Gasteiger partial charge in [-0.15, -0.1) is 0 Å². The predicted molar refractivity (Wildman–Crippen MR) is 123 cm³/mol. The van der Waals surface area contributed by atoms with Crippen molar-refractivity contribution < 1.29 is 14.3 Å². The highest BCUT2D eigenvalue weighted by Gasteiger charge is 2.08. The molecule has 6 nitrogen and oxygen atoms in total. The second-order valence-corrected chi connectivity index (χ2v) is 6.87. The van der Waals surface area contributed by atoms with E-state index in [0.29, 0.717) is 21.4 Å². The van der Waals surface area contributed by atoms with E-state index in [2.05, 4.69) is 15.8 Å². The number of carbonyl (C=O) groups is 1. The minimum Gasteiger partial charge on any atom is -0.497 e. The van der Waals surface area contributed by atoms with Crippen LogP contribution in [-0.4, -0.2) is 24.4 Å². The zero-order chi connectivity index (χ0) is 21.3. The highest BCUT2D eigenvalue weighted by atomic mass is 35.5. The van der Waals surface area contributed by atoms with Gasteiger partial charge in [0.2, 0.25) is 0 Å². The monoisotopic (exact) mass is 439 g/mol. The molecule has 0 bridgehead atoms. The van der Waals surface area contributed by atoms with Crippen LogP contribution in [0.15, 0.2) is 77.9 Å². The molecule has 0 aliphatic heterocycles. The summed E-state index contributed by atoms with van der Waals surface area (Å²) in [5.41, 5.74) is 4.69. The van der Waals surface area contributed by atoms with Crippen LogP contribution in [0.2, 0.25) is 5.02 Å². The molecule has 0 atom stereocenters. The first-order valence-corrected chi connectivity index (χ1v) is 9.64. The number of hydrogen-bond acceptors (Lipinski definition) is 5. The molecule has 0 heterocycles. The number of hydrazone groups is 1. The first kappa shape index (κ1) is 21.3. The molecule has 3 rings (SSSR count). The highest BCUT2D eigenvalue weighted by molar-refractivity contribution is 7.80.